The van der Waals surface area contributed by atoms with Crippen molar-refractivity contribution in [2.45, 2.75) is 26.4 Å². The topological polar surface area (TPSA) is 26.3 Å². The Bertz CT molecular complexity index is 441. The summed E-state index contributed by atoms with van der Waals surface area (Å²) in [6.07, 6.45) is 0.325. The van der Waals surface area contributed by atoms with Gasteiger partial charge in [-0.05, 0) is 26.0 Å². The minimum atomic E-state index is -0.425. The number of hydrogen-bond acceptors (Lipinski definition) is 2. The molecule has 1 saturated carbocycles. The van der Waals surface area contributed by atoms with Crippen molar-refractivity contribution >= 4 is 29.0 Å². The first-order valence-corrected chi connectivity index (χ1v) is 5.82. The van der Waals surface area contributed by atoms with Gasteiger partial charge in [-0.25, -0.2) is 0 Å². The molecule has 1 fully saturated rings. The third-order valence-electron chi connectivity index (χ3n) is 3.08. The molecule has 0 amide bonds. The Hall–Kier alpha value is -0.730. The summed E-state index contributed by atoms with van der Waals surface area (Å²) in [5.74, 6) is 0.760. The van der Waals surface area contributed by atoms with E-state index in [4.69, 9.17) is 27.9 Å². The van der Waals surface area contributed by atoms with E-state index in [9.17, 15) is 4.79 Å². The van der Waals surface area contributed by atoms with Gasteiger partial charge in [-0.15, -0.1) is 0 Å². The highest BCUT2D eigenvalue weighted by Crippen LogP contribution is 2.41. The van der Waals surface area contributed by atoms with Crippen molar-refractivity contribution in [3.63, 3.8) is 0 Å². The molecule has 0 saturated heterocycles. The van der Waals surface area contributed by atoms with E-state index in [2.05, 4.69) is 0 Å². The average Bonchev–Trinajstić information content (AvgIpc) is 2.24. The largest absolute Gasteiger partial charge is 0.487 e. The van der Waals surface area contributed by atoms with Gasteiger partial charge in [0.1, 0.15) is 22.7 Å². The Morgan fingerprint density at radius 3 is 2.62 bits per heavy atom. The van der Waals surface area contributed by atoms with E-state index in [1.807, 2.05) is 13.8 Å². The van der Waals surface area contributed by atoms with Crippen LogP contribution in [0.25, 0.3) is 0 Å². The Balaban J connectivity index is 2.17. The van der Waals surface area contributed by atoms with Gasteiger partial charge in [-0.2, -0.15) is 0 Å². The quantitative estimate of drug-likeness (QED) is 0.808. The molecule has 0 aliphatic heterocycles. The van der Waals surface area contributed by atoms with Crippen LogP contribution in [0.1, 0.15) is 20.3 Å². The SMILES string of the molecule is CC1(C)C(=O)CC1Oc1cccc(Cl)c1Cl. The van der Waals surface area contributed by atoms with Crippen molar-refractivity contribution in [2.75, 3.05) is 0 Å². The van der Waals surface area contributed by atoms with Crippen molar-refractivity contribution in [1.29, 1.82) is 0 Å². The van der Waals surface area contributed by atoms with Crippen LogP contribution in [0.5, 0.6) is 5.75 Å². The summed E-state index contributed by atoms with van der Waals surface area (Å²) in [7, 11) is 0. The highest BCUT2D eigenvalue weighted by atomic mass is 35.5. The van der Waals surface area contributed by atoms with Crippen molar-refractivity contribution in [3.8, 4) is 5.75 Å². The molecule has 0 radical (unpaired) electrons. The van der Waals surface area contributed by atoms with E-state index in [-0.39, 0.29) is 11.9 Å². The number of benzene rings is 1. The molecule has 1 aromatic carbocycles. The Morgan fingerprint density at radius 2 is 2.06 bits per heavy atom. The van der Waals surface area contributed by atoms with Gasteiger partial charge < -0.3 is 4.74 Å². The molecule has 0 N–H and O–H groups in total. The van der Waals surface area contributed by atoms with E-state index >= 15 is 0 Å². The molecule has 4 heteroatoms. The summed E-state index contributed by atoms with van der Waals surface area (Å²) in [5.41, 5.74) is -0.425. The van der Waals surface area contributed by atoms with Crippen LogP contribution >= 0.6 is 23.2 Å². The van der Waals surface area contributed by atoms with Crippen molar-refractivity contribution in [3.05, 3.63) is 28.2 Å². The molecule has 16 heavy (non-hydrogen) atoms. The van der Waals surface area contributed by atoms with Crippen LogP contribution in [0.3, 0.4) is 0 Å². The Morgan fingerprint density at radius 1 is 1.38 bits per heavy atom. The number of carbonyl (C=O) groups excluding carboxylic acids is 1. The van der Waals surface area contributed by atoms with E-state index < -0.39 is 5.41 Å². The molecule has 1 aromatic rings. The van der Waals surface area contributed by atoms with Gasteiger partial charge in [-0.3, -0.25) is 4.79 Å². The second-order valence-corrected chi connectivity index (χ2v) is 5.29. The summed E-state index contributed by atoms with van der Waals surface area (Å²) in [4.78, 5) is 11.4. The highest BCUT2D eigenvalue weighted by Gasteiger charge is 2.49. The van der Waals surface area contributed by atoms with Crippen LogP contribution in [0.2, 0.25) is 10.0 Å². The van der Waals surface area contributed by atoms with Gasteiger partial charge in [0, 0.05) is 6.42 Å². The van der Waals surface area contributed by atoms with E-state index in [1.165, 1.54) is 0 Å². The fraction of sp³-hybridized carbons (Fsp3) is 0.417. The Labute approximate surface area is 104 Å². The second-order valence-electron chi connectivity index (χ2n) is 4.51. The summed E-state index contributed by atoms with van der Waals surface area (Å²) >= 11 is 11.9. The number of Topliss-reactive ketones (excluding diaryl/α,β-unsaturated/α-hetero) is 1. The lowest BCUT2D eigenvalue weighted by atomic mass is 9.68. The minimum Gasteiger partial charge on any atom is -0.487 e. The maximum absolute atomic E-state index is 11.4. The third-order valence-corrected chi connectivity index (χ3v) is 3.88. The molecule has 2 rings (SSSR count). The predicted molar refractivity (Wildman–Crippen MR) is 64.3 cm³/mol. The van der Waals surface area contributed by atoms with Crippen molar-refractivity contribution < 1.29 is 9.53 Å². The number of ether oxygens (including phenoxy) is 1. The molecule has 1 aliphatic carbocycles. The van der Waals surface area contributed by atoms with Gasteiger partial charge in [0.25, 0.3) is 0 Å². The number of rotatable bonds is 2. The maximum atomic E-state index is 11.4. The molecular formula is C12H12Cl2O2. The lowest BCUT2D eigenvalue weighted by Gasteiger charge is -2.42. The normalized spacial score (nSPS) is 22.8. The standard InChI is InChI=1S/C12H12Cl2O2/c1-12(2)9(15)6-10(12)16-8-5-3-4-7(13)11(8)14/h3-5,10H,6H2,1-2H3. The van der Waals surface area contributed by atoms with Crippen LogP contribution in [-0.2, 0) is 4.79 Å². The van der Waals surface area contributed by atoms with E-state index in [1.54, 1.807) is 18.2 Å². The summed E-state index contributed by atoms with van der Waals surface area (Å²) in [6, 6.07) is 5.23. The number of ketones is 1. The molecule has 0 heterocycles. The molecule has 1 aliphatic rings. The lowest BCUT2D eigenvalue weighted by Crippen LogP contribution is -2.53. The third kappa shape index (κ3) is 1.80. The van der Waals surface area contributed by atoms with E-state index in [0.29, 0.717) is 22.2 Å². The number of hydrogen-bond donors (Lipinski definition) is 0. The zero-order valence-electron chi connectivity index (χ0n) is 9.09. The minimum absolute atomic E-state index is 0.115. The zero-order valence-corrected chi connectivity index (χ0v) is 10.6. The van der Waals surface area contributed by atoms with Crippen LogP contribution in [0.4, 0.5) is 0 Å². The first-order valence-electron chi connectivity index (χ1n) is 5.07. The predicted octanol–water partition coefficient (Wildman–Crippen LogP) is 3.74. The lowest BCUT2D eigenvalue weighted by molar-refractivity contribution is -0.148. The molecule has 0 spiro atoms. The molecule has 2 nitrogen and oxygen atoms in total. The molecule has 1 atom stereocenters. The summed E-state index contributed by atoms with van der Waals surface area (Å²) in [6.45, 7) is 3.75. The Kier molecular flexibility index (Phi) is 2.89. The van der Waals surface area contributed by atoms with Crippen molar-refractivity contribution in [1.82, 2.24) is 0 Å². The first-order chi connectivity index (χ1) is 7.43. The fourth-order valence-corrected chi connectivity index (χ4v) is 1.99. The van der Waals surface area contributed by atoms with Gasteiger partial charge >= 0.3 is 0 Å². The maximum Gasteiger partial charge on any atom is 0.145 e. The highest BCUT2D eigenvalue weighted by molar-refractivity contribution is 6.42. The van der Waals surface area contributed by atoms with Gasteiger partial charge in [-0.1, -0.05) is 29.3 Å². The number of carbonyl (C=O) groups is 1. The molecule has 86 valence electrons. The average molecular weight is 259 g/mol. The van der Waals surface area contributed by atoms with Gasteiger partial charge in [0.2, 0.25) is 0 Å². The fourth-order valence-electron chi connectivity index (χ4n) is 1.65. The molecule has 0 aromatic heterocycles. The molecule has 1 unspecified atom stereocenters. The van der Waals surface area contributed by atoms with Crippen molar-refractivity contribution in [2.24, 2.45) is 5.41 Å². The van der Waals surface area contributed by atoms with E-state index in [0.717, 1.165) is 0 Å². The monoisotopic (exact) mass is 258 g/mol. The smallest absolute Gasteiger partial charge is 0.145 e. The van der Waals surface area contributed by atoms with Crippen LogP contribution < -0.4 is 4.74 Å². The summed E-state index contributed by atoms with van der Waals surface area (Å²) in [5, 5.41) is 0.863. The second kappa shape index (κ2) is 3.94. The van der Waals surface area contributed by atoms with Gasteiger partial charge in [0.15, 0.2) is 0 Å². The number of halogens is 2. The summed E-state index contributed by atoms with van der Waals surface area (Å²) < 4.78 is 5.71. The van der Waals surface area contributed by atoms with Crippen LogP contribution in [0, 0.1) is 5.41 Å². The van der Waals surface area contributed by atoms with Gasteiger partial charge in [0.05, 0.1) is 10.4 Å². The zero-order chi connectivity index (χ0) is 11.9. The molecule has 0 bridgehead atoms. The first kappa shape index (κ1) is 11.7. The van der Waals surface area contributed by atoms with Crippen LogP contribution in [0.15, 0.2) is 18.2 Å². The van der Waals surface area contributed by atoms with Crippen LogP contribution in [-0.4, -0.2) is 11.9 Å². The molecular weight excluding hydrogens is 247 g/mol.